The summed E-state index contributed by atoms with van der Waals surface area (Å²) in [7, 11) is 0. The van der Waals surface area contributed by atoms with Gasteiger partial charge >= 0.3 is 0 Å². The largest absolute Gasteiger partial charge is 0.396 e. The maximum Gasteiger partial charge on any atom is 0.0464 e. The summed E-state index contributed by atoms with van der Waals surface area (Å²) in [4.78, 5) is 1.23. The van der Waals surface area contributed by atoms with Gasteiger partial charge in [0.2, 0.25) is 0 Å². The van der Waals surface area contributed by atoms with Crippen molar-refractivity contribution >= 4 is 11.8 Å². The van der Waals surface area contributed by atoms with Gasteiger partial charge in [-0.25, -0.2) is 0 Å². The zero-order valence-corrected chi connectivity index (χ0v) is 10.1. The number of hydrogen-bond acceptors (Lipinski definition) is 3. The molecule has 0 bridgehead atoms. The van der Waals surface area contributed by atoms with Crippen LogP contribution in [0.5, 0.6) is 0 Å². The summed E-state index contributed by atoms with van der Waals surface area (Å²) in [6.07, 6.45) is 0. The third kappa shape index (κ3) is 3.86. The predicted molar refractivity (Wildman–Crippen MR) is 66.0 cm³/mol. The van der Waals surface area contributed by atoms with Crippen LogP contribution in [0.25, 0.3) is 0 Å². The van der Waals surface area contributed by atoms with Crippen molar-refractivity contribution < 1.29 is 5.11 Å². The van der Waals surface area contributed by atoms with Crippen molar-refractivity contribution in [1.29, 1.82) is 0 Å². The lowest BCUT2D eigenvalue weighted by molar-refractivity contribution is 0.250. The molecule has 3 N–H and O–H groups in total. The molecule has 0 aliphatic heterocycles. The van der Waals surface area contributed by atoms with Gasteiger partial charge in [0.05, 0.1) is 0 Å². The third-order valence-electron chi connectivity index (χ3n) is 2.24. The fraction of sp³-hybridized carbons (Fsp3) is 0.500. The quantitative estimate of drug-likeness (QED) is 0.757. The number of rotatable bonds is 5. The van der Waals surface area contributed by atoms with Gasteiger partial charge in [0.25, 0.3) is 0 Å². The smallest absolute Gasteiger partial charge is 0.0464 e. The zero-order valence-electron chi connectivity index (χ0n) is 9.31. The van der Waals surface area contributed by atoms with Gasteiger partial charge in [0, 0.05) is 23.3 Å². The van der Waals surface area contributed by atoms with E-state index in [1.807, 2.05) is 26.0 Å². The summed E-state index contributed by atoms with van der Waals surface area (Å²) < 4.78 is 0. The summed E-state index contributed by atoms with van der Waals surface area (Å²) in [5.74, 6) is 1.26. The fourth-order valence-corrected chi connectivity index (χ4v) is 2.44. The van der Waals surface area contributed by atoms with Gasteiger partial charge in [-0.2, -0.15) is 0 Å². The van der Waals surface area contributed by atoms with Crippen molar-refractivity contribution in [2.24, 2.45) is 11.7 Å². The third-order valence-corrected chi connectivity index (χ3v) is 3.66. The van der Waals surface area contributed by atoms with Gasteiger partial charge in [0.15, 0.2) is 0 Å². The second-order valence-electron chi connectivity index (χ2n) is 3.93. The van der Waals surface area contributed by atoms with Gasteiger partial charge < -0.3 is 10.8 Å². The summed E-state index contributed by atoms with van der Waals surface area (Å²) in [6, 6.07) is 8.26. The first kappa shape index (κ1) is 12.6. The van der Waals surface area contributed by atoms with E-state index in [9.17, 15) is 0 Å². The van der Waals surface area contributed by atoms with Gasteiger partial charge in [-0.05, 0) is 24.5 Å². The Hall–Kier alpha value is -0.510. The molecule has 0 aliphatic carbocycles. The molecule has 0 fully saturated rings. The molecule has 84 valence electrons. The van der Waals surface area contributed by atoms with Crippen molar-refractivity contribution in [3.05, 3.63) is 29.8 Å². The number of thioether (sulfide) groups is 1. The van der Waals surface area contributed by atoms with E-state index in [1.165, 1.54) is 10.5 Å². The molecular formula is C12H19NOS. The Morgan fingerprint density at radius 2 is 2.00 bits per heavy atom. The maximum atomic E-state index is 8.95. The Morgan fingerprint density at radius 3 is 2.60 bits per heavy atom. The molecule has 1 rings (SSSR count). The molecule has 0 heterocycles. The van der Waals surface area contributed by atoms with E-state index in [0.717, 1.165) is 5.75 Å². The first-order chi connectivity index (χ1) is 7.15. The van der Waals surface area contributed by atoms with Crippen molar-refractivity contribution in [2.45, 2.75) is 24.8 Å². The average Bonchev–Trinajstić information content (AvgIpc) is 2.26. The van der Waals surface area contributed by atoms with Crippen LogP contribution in [-0.2, 0) is 0 Å². The SMILES string of the molecule is CC(CO)CSc1ccccc1C(C)N. The molecule has 0 aliphatic rings. The van der Waals surface area contributed by atoms with Crippen molar-refractivity contribution in [2.75, 3.05) is 12.4 Å². The molecule has 0 amide bonds. The number of aliphatic hydroxyl groups is 1. The number of hydrogen-bond donors (Lipinski definition) is 2. The molecule has 0 saturated heterocycles. The van der Waals surface area contributed by atoms with Crippen molar-refractivity contribution in [3.63, 3.8) is 0 Å². The zero-order chi connectivity index (χ0) is 11.3. The number of benzene rings is 1. The van der Waals surface area contributed by atoms with Gasteiger partial charge in [0.1, 0.15) is 0 Å². The Labute approximate surface area is 95.9 Å². The highest BCUT2D eigenvalue weighted by molar-refractivity contribution is 7.99. The Kier molecular flexibility index (Phi) is 5.15. The minimum atomic E-state index is 0.0677. The van der Waals surface area contributed by atoms with E-state index in [4.69, 9.17) is 10.8 Å². The molecule has 1 aromatic carbocycles. The second-order valence-corrected chi connectivity index (χ2v) is 4.99. The van der Waals surface area contributed by atoms with Crippen LogP contribution < -0.4 is 5.73 Å². The minimum absolute atomic E-state index is 0.0677. The highest BCUT2D eigenvalue weighted by atomic mass is 32.2. The summed E-state index contributed by atoms with van der Waals surface area (Å²) >= 11 is 1.77. The van der Waals surface area contributed by atoms with E-state index >= 15 is 0 Å². The molecule has 0 spiro atoms. The summed E-state index contributed by atoms with van der Waals surface area (Å²) in [6.45, 7) is 4.28. The van der Waals surface area contributed by atoms with E-state index in [-0.39, 0.29) is 12.6 Å². The monoisotopic (exact) mass is 225 g/mol. The van der Waals surface area contributed by atoms with E-state index in [0.29, 0.717) is 5.92 Å². The van der Waals surface area contributed by atoms with Crippen LogP contribution in [0.3, 0.4) is 0 Å². The van der Waals surface area contributed by atoms with E-state index < -0.39 is 0 Å². The standard InChI is InChI=1S/C12H19NOS/c1-9(7-14)8-15-12-6-4-3-5-11(12)10(2)13/h3-6,9-10,14H,7-8,13H2,1-2H3. The first-order valence-corrected chi connectivity index (χ1v) is 6.22. The Bertz CT molecular complexity index is 301. The number of nitrogens with two attached hydrogens (primary N) is 1. The molecule has 0 aromatic heterocycles. The van der Waals surface area contributed by atoms with Crippen molar-refractivity contribution in [3.8, 4) is 0 Å². The molecule has 3 heteroatoms. The maximum absolute atomic E-state index is 8.95. The van der Waals surface area contributed by atoms with Gasteiger partial charge in [-0.1, -0.05) is 25.1 Å². The molecule has 2 unspecified atom stereocenters. The highest BCUT2D eigenvalue weighted by Crippen LogP contribution is 2.27. The van der Waals surface area contributed by atoms with Crippen LogP contribution >= 0.6 is 11.8 Å². The van der Waals surface area contributed by atoms with Crippen LogP contribution in [0.1, 0.15) is 25.5 Å². The van der Waals surface area contributed by atoms with E-state index in [1.54, 1.807) is 11.8 Å². The topological polar surface area (TPSA) is 46.2 Å². The molecule has 0 radical (unpaired) electrons. The van der Waals surface area contributed by atoms with Crippen LogP contribution in [0.2, 0.25) is 0 Å². The fourth-order valence-electron chi connectivity index (χ4n) is 1.27. The van der Waals surface area contributed by atoms with Gasteiger partial charge in [-0.15, -0.1) is 11.8 Å². The first-order valence-electron chi connectivity index (χ1n) is 5.23. The molecule has 2 atom stereocenters. The van der Waals surface area contributed by atoms with Crippen LogP contribution in [0, 0.1) is 5.92 Å². The van der Waals surface area contributed by atoms with Gasteiger partial charge in [-0.3, -0.25) is 0 Å². The Balaban J connectivity index is 2.67. The second kappa shape index (κ2) is 6.16. The molecular weight excluding hydrogens is 206 g/mol. The van der Waals surface area contributed by atoms with Crippen LogP contribution in [0.4, 0.5) is 0 Å². The minimum Gasteiger partial charge on any atom is -0.396 e. The Morgan fingerprint density at radius 1 is 1.33 bits per heavy atom. The highest BCUT2D eigenvalue weighted by Gasteiger charge is 2.08. The lowest BCUT2D eigenvalue weighted by Gasteiger charge is -2.13. The van der Waals surface area contributed by atoms with E-state index in [2.05, 4.69) is 12.1 Å². The molecule has 15 heavy (non-hydrogen) atoms. The predicted octanol–water partition coefficient (Wildman–Crippen LogP) is 2.43. The van der Waals surface area contributed by atoms with Crippen LogP contribution in [0.15, 0.2) is 29.2 Å². The summed E-state index contributed by atoms with van der Waals surface area (Å²) in [5.41, 5.74) is 7.08. The summed E-state index contributed by atoms with van der Waals surface area (Å²) in [5, 5.41) is 8.95. The lowest BCUT2D eigenvalue weighted by atomic mass is 10.1. The van der Waals surface area contributed by atoms with Crippen LogP contribution in [-0.4, -0.2) is 17.5 Å². The normalized spacial score (nSPS) is 14.9. The lowest BCUT2D eigenvalue weighted by Crippen LogP contribution is -2.08. The molecule has 1 aromatic rings. The molecule has 2 nitrogen and oxygen atoms in total. The molecule has 0 saturated carbocycles. The average molecular weight is 225 g/mol. The van der Waals surface area contributed by atoms with Crippen molar-refractivity contribution in [1.82, 2.24) is 0 Å². The number of aliphatic hydroxyl groups excluding tert-OH is 1.